The van der Waals surface area contributed by atoms with Crippen LogP contribution in [0.4, 0.5) is 0 Å². The van der Waals surface area contributed by atoms with Crippen LogP contribution in [0.3, 0.4) is 0 Å². The van der Waals surface area contributed by atoms with Crippen molar-refractivity contribution < 1.29 is 5.11 Å². The zero-order valence-electron chi connectivity index (χ0n) is 8.27. The molecule has 0 radical (unpaired) electrons. The molecule has 0 amide bonds. The van der Waals surface area contributed by atoms with Crippen molar-refractivity contribution in [2.24, 2.45) is 0 Å². The summed E-state index contributed by atoms with van der Waals surface area (Å²) < 4.78 is 0.325. The second-order valence-corrected chi connectivity index (χ2v) is 6.44. The Kier molecular flexibility index (Phi) is 3.92. The molecule has 0 rings (SSSR count). The highest BCUT2D eigenvalue weighted by molar-refractivity contribution is 8.00. The lowest BCUT2D eigenvalue weighted by molar-refractivity contribution is 0.0777. The van der Waals surface area contributed by atoms with E-state index in [4.69, 9.17) is 0 Å². The monoisotopic (exact) mass is 176 g/mol. The fourth-order valence-corrected chi connectivity index (χ4v) is 1.82. The standard InChI is InChI=1S/C9H20OS/c1-8(2,3)11-7-6-9(4,5)10/h10H,6-7H2,1-5H3. The molecule has 2 heteroatoms. The van der Waals surface area contributed by atoms with Gasteiger partial charge in [-0.05, 0) is 26.0 Å². The van der Waals surface area contributed by atoms with Crippen molar-refractivity contribution in [2.75, 3.05) is 5.75 Å². The van der Waals surface area contributed by atoms with Gasteiger partial charge < -0.3 is 5.11 Å². The predicted molar refractivity (Wildman–Crippen MR) is 53.1 cm³/mol. The van der Waals surface area contributed by atoms with Gasteiger partial charge in [-0.1, -0.05) is 20.8 Å². The molecule has 0 heterocycles. The molecule has 0 saturated heterocycles. The van der Waals surface area contributed by atoms with Crippen molar-refractivity contribution in [3.05, 3.63) is 0 Å². The molecule has 0 aliphatic rings. The third kappa shape index (κ3) is 10.3. The van der Waals surface area contributed by atoms with E-state index in [-0.39, 0.29) is 0 Å². The van der Waals surface area contributed by atoms with Crippen LogP contribution in [0.15, 0.2) is 0 Å². The summed E-state index contributed by atoms with van der Waals surface area (Å²) >= 11 is 1.90. The normalized spacial score (nSPS) is 13.6. The first-order valence-electron chi connectivity index (χ1n) is 4.07. The van der Waals surface area contributed by atoms with Crippen molar-refractivity contribution in [1.29, 1.82) is 0 Å². The molecule has 1 N–H and O–H groups in total. The van der Waals surface area contributed by atoms with Crippen molar-refractivity contribution >= 4 is 11.8 Å². The number of hydrogen-bond acceptors (Lipinski definition) is 2. The molecule has 1 nitrogen and oxygen atoms in total. The molecule has 0 bridgehead atoms. The van der Waals surface area contributed by atoms with Crippen LogP contribution in [0.2, 0.25) is 0 Å². The summed E-state index contributed by atoms with van der Waals surface area (Å²) in [4.78, 5) is 0. The molecule has 0 aliphatic heterocycles. The molecule has 0 spiro atoms. The molecule has 0 aromatic heterocycles. The van der Waals surface area contributed by atoms with Gasteiger partial charge in [-0.25, -0.2) is 0 Å². The minimum atomic E-state index is -0.502. The Balaban J connectivity index is 3.44. The number of aliphatic hydroxyl groups is 1. The third-order valence-electron chi connectivity index (χ3n) is 1.25. The van der Waals surface area contributed by atoms with E-state index in [0.29, 0.717) is 4.75 Å². The van der Waals surface area contributed by atoms with E-state index in [2.05, 4.69) is 20.8 Å². The fourth-order valence-electron chi connectivity index (χ4n) is 0.607. The largest absolute Gasteiger partial charge is 0.390 e. The lowest BCUT2D eigenvalue weighted by Gasteiger charge is -2.21. The first-order chi connectivity index (χ1) is 4.71. The maximum Gasteiger partial charge on any atom is 0.0599 e. The van der Waals surface area contributed by atoms with Gasteiger partial charge in [0.15, 0.2) is 0 Å². The zero-order chi connectivity index (χ0) is 9.12. The van der Waals surface area contributed by atoms with Crippen LogP contribution in [0.5, 0.6) is 0 Å². The predicted octanol–water partition coefficient (Wildman–Crippen LogP) is 2.68. The molecule has 0 atom stereocenters. The molecule has 0 saturated carbocycles. The van der Waals surface area contributed by atoms with E-state index < -0.39 is 5.60 Å². The van der Waals surface area contributed by atoms with Crippen molar-refractivity contribution in [3.8, 4) is 0 Å². The van der Waals surface area contributed by atoms with Crippen LogP contribution in [0.1, 0.15) is 41.0 Å². The summed E-state index contributed by atoms with van der Waals surface area (Å²) in [6.07, 6.45) is 0.870. The molecule has 0 aromatic rings. The molecular formula is C9H20OS. The number of rotatable bonds is 3. The minimum Gasteiger partial charge on any atom is -0.390 e. The van der Waals surface area contributed by atoms with Crippen LogP contribution in [0, 0.1) is 0 Å². The van der Waals surface area contributed by atoms with Gasteiger partial charge in [0.2, 0.25) is 0 Å². The topological polar surface area (TPSA) is 20.2 Å². The van der Waals surface area contributed by atoms with Crippen LogP contribution in [-0.2, 0) is 0 Å². The average molecular weight is 176 g/mol. The Morgan fingerprint density at radius 2 is 1.55 bits per heavy atom. The smallest absolute Gasteiger partial charge is 0.0599 e. The Bertz CT molecular complexity index is 93.7. The van der Waals surface area contributed by atoms with E-state index in [1.54, 1.807) is 0 Å². The summed E-state index contributed by atoms with van der Waals surface area (Å²) in [5.41, 5.74) is -0.502. The summed E-state index contributed by atoms with van der Waals surface area (Å²) in [5.74, 6) is 1.03. The SMILES string of the molecule is CC(C)(O)CCSC(C)(C)C. The van der Waals surface area contributed by atoms with Crippen LogP contribution in [-0.4, -0.2) is 21.2 Å². The summed E-state index contributed by atoms with van der Waals surface area (Å²) in [7, 11) is 0. The molecule has 0 aliphatic carbocycles. The quantitative estimate of drug-likeness (QED) is 0.713. The van der Waals surface area contributed by atoms with E-state index in [1.807, 2.05) is 25.6 Å². The minimum absolute atomic E-state index is 0.325. The molecule has 11 heavy (non-hydrogen) atoms. The zero-order valence-corrected chi connectivity index (χ0v) is 9.09. The van der Waals surface area contributed by atoms with Crippen molar-refractivity contribution in [3.63, 3.8) is 0 Å². The Morgan fingerprint density at radius 1 is 1.09 bits per heavy atom. The second-order valence-electron chi connectivity index (χ2n) is 4.52. The Morgan fingerprint density at radius 3 is 1.82 bits per heavy atom. The molecule has 68 valence electrons. The summed E-state index contributed by atoms with van der Waals surface area (Å²) in [6.45, 7) is 10.3. The third-order valence-corrected chi connectivity index (χ3v) is 2.52. The highest BCUT2D eigenvalue weighted by atomic mass is 32.2. The van der Waals surface area contributed by atoms with Crippen molar-refractivity contribution in [1.82, 2.24) is 0 Å². The van der Waals surface area contributed by atoms with E-state index in [9.17, 15) is 5.11 Å². The van der Waals surface area contributed by atoms with E-state index >= 15 is 0 Å². The van der Waals surface area contributed by atoms with Crippen LogP contribution < -0.4 is 0 Å². The summed E-state index contributed by atoms with van der Waals surface area (Å²) in [6, 6.07) is 0. The van der Waals surface area contributed by atoms with Gasteiger partial charge in [-0.3, -0.25) is 0 Å². The fraction of sp³-hybridized carbons (Fsp3) is 1.00. The van der Waals surface area contributed by atoms with Gasteiger partial charge in [0, 0.05) is 4.75 Å². The molecule has 0 unspecified atom stereocenters. The summed E-state index contributed by atoms with van der Waals surface area (Å²) in [5, 5.41) is 9.40. The first-order valence-corrected chi connectivity index (χ1v) is 5.06. The lowest BCUT2D eigenvalue weighted by atomic mass is 10.1. The molecule has 0 aromatic carbocycles. The maximum absolute atomic E-state index is 9.40. The lowest BCUT2D eigenvalue weighted by Crippen LogP contribution is -2.20. The van der Waals surface area contributed by atoms with Crippen molar-refractivity contribution in [2.45, 2.75) is 51.4 Å². The van der Waals surface area contributed by atoms with Gasteiger partial charge in [0.05, 0.1) is 5.60 Å². The van der Waals surface area contributed by atoms with Crippen LogP contribution >= 0.6 is 11.8 Å². The van der Waals surface area contributed by atoms with Gasteiger partial charge in [-0.2, -0.15) is 11.8 Å². The number of hydrogen-bond donors (Lipinski definition) is 1. The first kappa shape index (κ1) is 11.3. The maximum atomic E-state index is 9.40. The van der Waals surface area contributed by atoms with Gasteiger partial charge >= 0.3 is 0 Å². The van der Waals surface area contributed by atoms with E-state index in [0.717, 1.165) is 12.2 Å². The Hall–Kier alpha value is 0.310. The highest BCUT2D eigenvalue weighted by Crippen LogP contribution is 2.25. The Labute approximate surface area is 74.6 Å². The molecular weight excluding hydrogens is 156 g/mol. The average Bonchev–Trinajstić information content (AvgIpc) is 1.55. The molecule has 0 fully saturated rings. The van der Waals surface area contributed by atoms with Gasteiger partial charge in [0.1, 0.15) is 0 Å². The second kappa shape index (κ2) is 3.81. The van der Waals surface area contributed by atoms with Gasteiger partial charge in [-0.15, -0.1) is 0 Å². The van der Waals surface area contributed by atoms with Crippen LogP contribution in [0.25, 0.3) is 0 Å². The van der Waals surface area contributed by atoms with Gasteiger partial charge in [0.25, 0.3) is 0 Å². The van der Waals surface area contributed by atoms with E-state index in [1.165, 1.54) is 0 Å². The number of thioether (sulfide) groups is 1. The highest BCUT2D eigenvalue weighted by Gasteiger charge is 2.15.